The molecule has 0 spiro atoms. The summed E-state index contributed by atoms with van der Waals surface area (Å²) >= 11 is 5.66. The Labute approximate surface area is 112 Å². The molecule has 0 aromatic heterocycles. The standard InChI is InChI=1S/C13H18ClN3O/c14-9-13(15)16-12-4-2-1-3-11(12)10-17-5-7-18-8-6-17/h1-4H,5-10H2,(H2,15,16). The highest BCUT2D eigenvalue weighted by Gasteiger charge is 2.12. The van der Waals surface area contributed by atoms with E-state index in [-0.39, 0.29) is 5.88 Å². The van der Waals surface area contributed by atoms with Crippen LogP contribution in [0.1, 0.15) is 5.56 Å². The molecule has 2 N–H and O–H groups in total. The summed E-state index contributed by atoms with van der Waals surface area (Å²) in [6.45, 7) is 4.40. The first kappa shape index (κ1) is 13.3. The van der Waals surface area contributed by atoms with E-state index < -0.39 is 0 Å². The summed E-state index contributed by atoms with van der Waals surface area (Å²) in [5.41, 5.74) is 7.77. The Morgan fingerprint density at radius 2 is 2.06 bits per heavy atom. The topological polar surface area (TPSA) is 50.8 Å². The summed E-state index contributed by atoms with van der Waals surface area (Å²) in [6, 6.07) is 8.03. The summed E-state index contributed by atoms with van der Waals surface area (Å²) in [5, 5.41) is 0. The van der Waals surface area contributed by atoms with Crippen LogP contribution < -0.4 is 5.73 Å². The number of morpholine rings is 1. The van der Waals surface area contributed by atoms with Crippen molar-refractivity contribution in [1.82, 2.24) is 4.90 Å². The molecule has 0 bridgehead atoms. The van der Waals surface area contributed by atoms with E-state index in [0.717, 1.165) is 38.5 Å². The Bertz CT molecular complexity index is 416. The molecule has 0 atom stereocenters. The van der Waals surface area contributed by atoms with E-state index in [0.29, 0.717) is 5.84 Å². The molecule has 0 amide bonds. The molecule has 1 aromatic rings. The Morgan fingerprint density at radius 3 is 2.78 bits per heavy atom. The van der Waals surface area contributed by atoms with E-state index in [1.807, 2.05) is 18.2 Å². The van der Waals surface area contributed by atoms with Crippen LogP contribution in [0.5, 0.6) is 0 Å². The summed E-state index contributed by atoms with van der Waals surface area (Å²) in [7, 11) is 0. The summed E-state index contributed by atoms with van der Waals surface area (Å²) in [4.78, 5) is 6.70. The van der Waals surface area contributed by atoms with Crippen LogP contribution in [0.3, 0.4) is 0 Å². The van der Waals surface area contributed by atoms with Gasteiger partial charge in [-0.15, -0.1) is 11.6 Å². The van der Waals surface area contributed by atoms with Crippen molar-refractivity contribution < 1.29 is 4.74 Å². The zero-order valence-corrected chi connectivity index (χ0v) is 11.1. The van der Waals surface area contributed by atoms with E-state index in [9.17, 15) is 0 Å². The van der Waals surface area contributed by atoms with Crippen LogP contribution >= 0.6 is 11.6 Å². The summed E-state index contributed by atoms with van der Waals surface area (Å²) in [6.07, 6.45) is 0. The molecule has 1 aromatic carbocycles. The molecule has 1 aliphatic heterocycles. The van der Waals surface area contributed by atoms with Crippen LogP contribution in [-0.4, -0.2) is 42.9 Å². The Hall–Kier alpha value is -1.10. The van der Waals surface area contributed by atoms with Crippen LogP contribution in [0.4, 0.5) is 5.69 Å². The molecule has 18 heavy (non-hydrogen) atoms. The first-order chi connectivity index (χ1) is 8.79. The van der Waals surface area contributed by atoms with Crippen molar-refractivity contribution in [3.8, 4) is 0 Å². The molecule has 0 unspecified atom stereocenters. The molecule has 1 fully saturated rings. The predicted molar refractivity (Wildman–Crippen MR) is 74.5 cm³/mol. The molecular formula is C13H18ClN3O. The average Bonchev–Trinajstić information content (AvgIpc) is 2.42. The minimum Gasteiger partial charge on any atom is -0.386 e. The number of alkyl halides is 1. The van der Waals surface area contributed by atoms with E-state index in [1.54, 1.807) is 0 Å². The van der Waals surface area contributed by atoms with Gasteiger partial charge in [-0.1, -0.05) is 18.2 Å². The SMILES string of the molecule is NC(CCl)=Nc1ccccc1CN1CCOCC1. The maximum Gasteiger partial charge on any atom is 0.115 e. The zero-order valence-electron chi connectivity index (χ0n) is 10.3. The maximum atomic E-state index is 5.69. The second kappa shape index (κ2) is 6.73. The van der Waals surface area contributed by atoms with Gasteiger partial charge in [0.05, 0.1) is 24.8 Å². The number of benzene rings is 1. The smallest absolute Gasteiger partial charge is 0.115 e. The predicted octanol–water partition coefficient (Wildman–Crippen LogP) is 1.75. The molecule has 1 saturated heterocycles. The summed E-state index contributed by atoms with van der Waals surface area (Å²) < 4.78 is 5.34. The summed E-state index contributed by atoms with van der Waals surface area (Å²) in [5.74, 6) is 0.706. The highest BCUT2D eigenvalue weighted by molar-refractivity contribution is 6.28. The number of nitrogens with zero attached hydrogens (tertiary/aromatic N) is 2. The minimum absolute atomic E-state index is 0.256. The van der Waals surface area contributed by atoms with Gasteiger partial charge >= 0.3 is 0 Å². The quantitative estimate of drug-likeness (QED) is 0.514. The number of ether oxygens (including phenoxy) is 1. The minimum atomic E-state index is 0.256. The van der Waals surface area contributed by atoms with Crippen molar-refractivity contribution in [3.05, 3.63) is 29.8 Å². The number of halogens is 1. The number of amidine groups is 1. The van der Waals surface area contributed by atoms with Crippen LogP contribution in [-0.2, 0) is 11.3 Å². The van der Waals surface area contributed by atoms with Gasteiger partial charge in [-0.25, -0.2) is 4.99 Å². The molecule has 98 valence electrons. The molecule has 5 heteroatoms. The van der Waals surface area contributed by atoms with Gasteiger partial charge in [-0.2, -0.15) is 0 Å². The van der Waals surface area contributed by atoms with Crippen molar-refractivity contribution in [3.63, 3.8) is 0 Å². The van der Waals surface area contributed by atoms with Gasteiger partial charge in [0.15, 0.2) is 0 Å². The largest absolute Gasteiger partial charge is 0.386 e. The third-order valence-electron chi connectivity index (χ3n) is 2.89. The van der Waals surface area contributed by atoms with E-state index in [2.05, 4.69) is 16.0 Å². The molecule has 0 aliphatic carbocycles. The average molecular weight is 268 g/mol. The highest BCUT2D eigenvalue weighted by Crippen LogP contribution is 2.21. The van der Waals surface area contributed by atoms with Crippen LogP contribution in [0.15, 0.2) is 29.3 Å². The van der Waals surface area contributed by atoms with Gasteiger partial charge in [0.25, 0.3) is 0 Å². The highest BCUT2D eigenvalue weighted by atomic mass is 35.5. The maximum absolute atomic E-state index is 5.69. The number of hydrogen-bond acceptors (Lipinski definition) is 3. The lowest BCUT2D eigenvalue weighted by Gasteiger charge is -2.27. The lowest BCUT2D eigenvalue weighted by atomic mass is 10.1. The van der Waals surface area contributed by atoms with Gasteiger partial charge in [-0.3, -0.25) is 4.90 Å². The first-order valence-corrected chi connectivity index (χ1v) is 6.60. The first-order valence-electron chi connectivity index (χ1n) is 6.06. The van der Waals surface area contributed by atoms with Crippen molar-refractivity contribution in [1.29, 1.82) is 0 Å². The third-order valence-corrected chi connectivity index (χ3v) is 3.16. The van der Waals surface area contributed by atoms with Crippen molar-refractivity contribution >= 4 is 23.1 Å². The van der Waals surface area contributed by atoms with E-state index in [4.69, 9.17) is 22.1 Å². The zero-order chi connectivity index (χ0) is 12.8. The third kappa shape index (κ3) is 3.70. The van der Waals surface area contributed by atoms with Gasteiger partial charge in [0.2, 0.25) is 0 Å². The molecule has 1 aliphatic rings. The molecule has 1 heterocycles. The van der Waals surface area contributed by atoms with Crippen LogP contribution in [0.25, 0.3) is 0 Å². The number of rotatable bonds is 4. The van der Waals surface area contributed by atoms with Gasteiger partial charge in [-0.05, 0) is 11.6 Å². The second-order valence-corrected chi connectivity index (χ2v) is 4.52. The van der Waals surface area contributed by atoms with E-state index in [1.165, 1.54) is 5.56 Å². The molecule has 0 saturated carbocycles. The second-order valence-electron chi connectivity index (χ2n) is 4.25. The molecule has 0 radical (unpaired) electrons. The van der Waals surface area contributed by atoms with E-state index >= 15 is 0 Å². The molecule has 2 rings (SSSR count). The molecular weight excluding hydrogens is 250 g/mol. The van der Waals surface area contributed by atoms with Crippen molar-refractivity contribution in [2.75, 3.05) is 32.2 Å². The fourth-order valence-corrected chi connectivity index (χ4v) is 2.00. The number of hydrogen-bond donors (Lipinski definition) is 1. The fourth-order valence-electron chi connectivity index (χ4n) is 1.94. The van der Waals surface area contributed by atoms with Gasteiger partial charge in [0.1, 0.15) is 5.84 Å². The number of aliphatic imine (C=N–C) groups is 1. The number of para-hydroxylation sites is 1. The van der Waals surface area contributed by atoms with Crippen molar-refractivity contribution in [2.24, 2.45) is 10.7 Å². The normalized spacial score (nSPS) is 17.9. The Kier molecular flexibility index (Phi) is 4.99. The van der Waals surface area contributed by atoms with Crippen LogP contribution in [0.2, 0.25) is 0 Å². The van der Waals surface area contributed by atoms with Crippen LogP contribution in [0, 0.1) is 0 Å². The Morgan fingerprint density at radius 1 is 1.33 bits per heavy atom. The van der Waals surface area contributed by atoms with Gasteiger partial charge in [0, 0.05) is 19.6 Å². The lowest BCUT2D eigenvalue weighted by Crippen LogP contribution is -2.35. The lowest BCUT2D eigenvalue weighted by molar-refractivity contribution is 0.0342. The molecule has 4 nitrogen and oxygen atoms in total. The number of nitrogens with two attached hydrogens (primary N) is 1. The Balaban J connectivity index is 2.11. The van der Waals surface area contributed by atoms with Gasteiger partial charge < -0.3 is 10.5 Å². The monoisotopic (exact) mass is 267 g/mol. The van der Waals surface area contributed by atoms with Crippen molar-refractivity contribution in [2.45, 2.75) is 6.54 Å². The fraction of sp³-hybridized carbons (Fsp3) is 0.462.